The minimum absolute atomic E-state index is 0.00688. The molecule has 0 aliphatic heterocycles. The summed E-state index contributed by atoms with van der Waals surface area (Å²) in [5, 5.41) is 3.83. The van der Waals surface area contributed by atoms with Crippen LogP contribution in [0, 0.1) is 5.82 Å². The van der Waals surface area contributed by atoms with E-state index < -0.39 is 5.82 Å². The Morgan fingerprint density at radius 3 is 2.53 bits per heavy atom. The van der Waals surface area contributed by atoms with Gasteiger partial charge in [0.2, 0.25) is 0 Å². The number of rotatable bonds is 10. The highest BCUT2D eigenvalue weighted by Gasteiger charge is 2.13. The van der Waals surface area contributed by atoms with Crippen LogP contribution in [0.3, 0.4) is 0 Å². The predicted octanol–water partition coefficient (Wildman–Crippen LogP) is 5.37. The standard InChI is InChI=1S/C25H21ClFN3O4/c1-32-23-14-22-19(25(29-15-28-22)30-17-4-7-21(27)20(26)12-17)13-24(23)34-11-10-33-18-5-2-16(3-6-18)8-9-31/h2-7,9,12-15H,8,10-11H2,1H3,(H,28,29,30). The Morgan fingerprint density at radius 1 is 1.00 bits per heavy atom. The molecule has 1 heterocycles. The Balaban J connectivity index is 1.48. The number of hydrogen-bond acceptors (Lipinski definition) is 7. The molecule has 1 N–H and O–H groups in total. The number of carbonyl (C=O) groups excluding carboxylic acids is 1. The summed E-state index contributed by atoms with van der Waals surface area (Å²) in [6, 6.07) is 15.2. The van der Waals surface area contributed by atoms with Gasteiger partial charge in [0.15, 0.2) is 11.5 Å². The molecule has 174 valence electrons. The Hall–Kier alpha value is -3.91. The van der Waals surface area contributed by atoms with E-state index in [1.165, 1.54) is 18.5 Å². The highest BCUT2D eigenvalue weighted by Crippen LogP contribution is 2.35. The molecule has 0 saturated carbocycles. The van der Waals surface area contributed by atoms with Gasteiger partial charge in [-0.15, -0.1) is 0 Å². The zero-order chi connectivity index (χ0) is 23.9. The molecular formula is C25H21ClFN3O4. The van der Waals surface area contributed by atoms with Crippen LogP contribution in [0.5, 0.6) is 17.2 Å². The van der Waals surface area contributed by atoms with Crippen molar-refractivity contribution in [3.8, 4) is 17.2 Å². The Morgan fingerprint density at radius 2 is 1.79 bits per heavy atom. The van der Waals surface area contributed by atoms with Gasteiger partial charge in [0.25, 0.3) is 0 Å². The number of nitrogens with one attached hydrogen (secondary N) is 1. The van der Waals surface area contributed by atoms with Gasteiger partial charge in [-0.3, -0.25) is 0 Å². The average molecular weight is 482 g/mol. The highest BCUT2D eigenvalue weighted by atomic mass is 35.5. The summed E-state index contributed by atoms with van der Waals surface area (Å²) >= 11 is 5.89. The van der Waals surface area contributed by atoms with E-state index in [0.717, 1.165) is 11.8 Å². The molecule has 0 atom stereocenters. The number of ether oxygens (including phenoxy) is 3. The number of benzene rings is 3. The van der Waals surface area contributed by atoms with Crippen molar-refractivity contribution in [2.45, 2.75) is 6.42 Å². The van der Waals surface area contributed by atoms with Crippen molar-refractivity contribution in [3.63, 3.8) is 0 Å². The minimum atomic E-state index is -0.501. The molecule has 9 heteroatoms. The second kappa shape index (κ2) is 10.8. The fraction of sp³-hybridized carbons (Fsp3) is 0.160. The van der Waals surface area contributed by atoms with Crippen molar-refractivity contribution in [3.05, 3.63) is 77.3 Å². The van der Waals surface area contributed by atoms with Gasteiger partial charge < -0.3 is 24.3 Å². The smallest absolute Gasteiger partial charge is 0.162 e. The molecule has 0 unspecified atom stereocenters. The van der Waals surface area contributed by atoms with Crippen molar-refractivity contribution in [2.75, 3.05) is 25.6 Å². The quantitative estimate of drug-likeness (QED) is 0.241. The second-order valence-corrected chi connectivity index (χ2v) is 7.62. The van der Waals surface area contributed by atoms with Crippen LogP contribution >= 0.6 is 11.6 Å². The monoisotopic (exact) mass is 481 g/mol. The average Bonchev–Trinajstić information content (AvgIpc) is 2.85. The van der Waals surface area contributed by atoms with E-state index in [4.69, 9.17) is 25.8 Å². The summed E-state index contributed by atoms with van der Waals surface area (Å²) in [5.41, 5.74) is 2.15. The van der Waals surface area contributed by atoms with Gasteiger partial charge in [-0.25, -0.2) is 14.4 Å². The van der Waals surface area contributed by atoms with E-state index in [0.29, 0.717) is 52.7 Å². The molecular weight excluding hydrogens is 461 g/mol. The Kier molecular flexibility index (Phi) is 7.39. The summed E-state index contributed by atoms with van der Waals surface area (Å²) in [6.45, 7) is 0.570. The molecule has 0 saturated heterocycles. The molecule has 0 amide bonds. The van der Waals surface area contributed by atoms with E-state index in [1.807, 2.05) is 24.3 Å². The first-order valence-corrected chi connectivity index (χ1v) is 10.8. The fourth-order valence-electron chi connectivity index (χ4n) is 3.28. The number of methoxy groups -OCH3 is 1. The number of hydrogen-bond donors (Lipinski definition) is 1. The zero-order valence-corrected chi connectivity index (χ0v) is 19.0. The first-order valence-electron chi connectivity index (χ1n) is 10.4. The van der Waals surface area contributed by atoms with Crippen LogP contribution in [-0.2, 0) is 11.2 Å². The molecule has 34 heavy (non-hydrogen) atoms. The number of halogens is 2. The maximum atomic E-state index is 13.5. The summed E-state index contributed by atoms with van der Waals surface area (Å²) in [6.07, 6.45) is 2.66. The first-order chi connectivity index (χ1) is 16.6. The molecule has 0 aliphatic rings. The van der Waals surface area contributed by atoms with Crippen LogP contribution in [0.25, 0.3) is 10.9 Å². The van der Waals surface area contributed by atoms with E-state index in [2.05, 4.69) is 15.3 Å². The van der Waals surface area contributed by atoms with E-state index in [-0.39, 0.29) is 11.6 Å². The lowest BCUT2D eigenvalue weighted by Crippen LogP contribution is -2.10. The number of aromatic nitrogens is 2. The van der Waals surface area contributed by atoms with Crippen LogP contribution in [0.1, 0.15) is 5.56 Å². The van der Waals surface area contributed by atoms with E-state index in [1.54, 1.807) is 25.3 Å². The Bertz CT molecular complexity index is 1300. The number of carbonyl (C=O) groups is 1. The third-order valence-corrected chi connectivity index (χ3v) is 5.24. The molecule has 4 aromatic rings. The molecule has 1 aromatic heterocycles. The van der Waals surface area contributed by atoms with Crippen molar-refractivity contribution in [1.29, 1.82) is 0 Å². The number of fused-ring (bicyclic) bond motifs is 1. The lowest BCUT2D eigenvalue weighted by atomic mass is 10.2. The van der Waals surface area contributed by atoms with Crippen LogP contribution in [-0.4, -0.2) is 36.6 Å². The van der Waals surface area contributed by atoms with Crippen LogP contribution in [0.15, 0.2) is 60.9 Å². The van der Waals surface area contributed by atoms with Gasteiger partial charge in [0, 0.05) is 23.6 Å². The first kappa shape index (κ1) is 23.3. The van der Waals surface area contributed by atoms with Gasteiger partial charge in [-0.2, -0.15) is 0 Å². The molecule has 0 aliphatic carbocycles. The van der Waals surface area contributed by atoms with Gasteiger partial charge in [0.05, 0.1) is 17.6 Å². The van der Waals surface area contributed by atoms with Crippen LogP contribution in [0.4, 0.5) is 15.9 Å². The second-order valence-electron chi connectivity index (χ2n) is 7.21. The summed E-state index contributed by atoms with van der Waals surface area (Å²) < 4.78 is 30.6. The van der Waals surface area contributed by atoms with Gasteiger partial charge in [0.1, 0.15) is 43.2 Å². The largest absolute Gasteiger partial charge is 0.493 e. The van der Waals surface area contributed by atoms with Crippen molar-refractivity contribution in [1.82, 2.24) is 9.97 Å². The van der Waals surface area contributed by atoms with Crippen molar-refractivity contribution in [2.24, 2.45) is 0 Å². The third kappa shape index (κ3) is 5.52. The molecule has 7 nitrogen and oxygen atoms in total. The van der Waals surface area contributed by atoms with Gasteiger partial charge in [-0.1, -0.05) is 23.7 Å². The lowest BCUT2D eigenvalue weighted by molar-refractivity contribution is -0.107. The Labute approximate surface area is 200 Å². The number of nitrogens with zero attached hydrogens (tertiary/aromatic N) is 2. The number of aldehydes is 1. The van der Waals surface area contributed by atoms with E-state index in [9.17, 15) is 9.18 Å². The lowest BCUT2D eigenvalue weighted by Gasteiger charge is -2.14. The molecule has 0 bridgehead atoms. The maximum Gasteiger partial charge on any atom is 0.162 e. The fourth-order valence-corrected chi connectivity index (χ4v) is 3.46. The summed E-state index contributed by atoms with van der Waals surface area (Å²) in [4.78, 5) is 19.2. The van der Waals surface area contributed by atoms with Gasteiger partial charge >= 0.3 is 0 Å². The third-order valence-electron chi connectivity index (χ3n) is 4.96. The minimum Gasteiger partial charge on any atom is -0.493 e. The van der Waals surface area contributed by atoms with Crippen molar-refractivity contribution >= 4 is 40.3 Å². The molecule has 0 spiro atoms. The summed E-state index contributed by atoms with van der Waals surface area (Å²) in [5.74, 6) is 1.70. The molecule has 3 aromatic carbocycles. The molecule has 4 rings (SSSR count). The zero-order valence-electron chi connectivity index (χ0n) is 18.3. The SMILES string of the molecule is COc1cc2ncnc(Nc3ccc(F)c(Cl)c3)c2cc1OCCOc1ccc(CC=O)cc1. The summed E-state index contributed by atoms with van der Waals surface area (Å²) in [7, 11) is 1.55. The molecule has 0 fully saturated rings. The van der Waals surface area contributed by atoms with E-state index >= 15 is 0 Å². The van der Waals surface area contributed by atoms with Crippen LogP contribution < -0.4 is 19.5 Å². The van der Waals surface area contributed by atoms with Crippen LogP contribution in [0.2, 0.25) is 5.02 Å². The number of anilines is 2. The highest BCUT2D eigenvalue weighted by molar-refractivity contribution is 6.31. The molecule has 0 radical (unpaired) electrons. The van der Waals surface area contributed by atoms with Gasteiger partial charge in [-0.05, 0) is 42.0 Å². The maximum absolute atomic E-state index is 13.5. The topological polar surface area (TPSA) is 82.6 Å². The predicted molar refractivity (Wildman–Crippen MR) is 128 cm³/mol. The normalized spacial score (nSPS) is 10.7. The van der Waals surface area contributed by atoms with Crippen molar-refractivity contribution < 1.29 is 23.4 Å².